The second-order valence-electron chi connectivity index (χ2n) is 7.61. The Kier molecular flexibility index (Phi) is 5.03. The van der Waals surface area contributed by atoms with Crippen LogP contribution in [0.5, 0.6) is 5.75 Å². The lowest BCUT2D eigenvalue weighted by Crippen LogP contribution is -2.44. The Morgan fingerprint density at radius 3 is 2.63 bits per heavy atom. The molecule has 0 amide bonds. The van der Waals surface area contributed by atoms with Crippen molar-refractivity contribution in [2.24, 2.45) is 0 Å². The highest BCUT2D eigenvalue weighted by Crippen LogP contribution is 2.31. The van der Waals surface area contributed by atoms with Gasteiger partial charge in [-0.3, -0.25) is 0 Å². The summed E-state index contributed by atoms with van der Waals surface area (Å²) in [4.78, 5) is 4.84. The fourth-order valence-corrected chi connectivity index (χ4v) is 3.47. The second-order valence-corrected chi connectivity index (χ2v) is 7.61. The Labute approximate surface area is 160 Å². The van der Waals surface area contributed by atoms with E-state index >= 15 is 0 Å². The summed E-state index contributed by atoms with van der Waals surface area (Å²) < 4.78 is 11.4. The number of benzene rings is 2. The van der Waals surface area contributed by atoms with Crippen LogP contribution in [-0.4, -0.2) is 43.3 Å². The molecule has 0 unspecified atom stereocenters. The van der Waals surface area contributed by atoms with Crippen LogP contribution in [0.25, 0.3) is 10.8 Å². The Morgan fingerprint density at radius 2 is 1.89 bits per heavy atom. The molecule has 0 bridgehead atoms. The van der Waals surface area contributed by atoms with Crippen LogP contribution in [0.2, 0.25) is 0 Å². The number of ether oxygens (including phenoxy) is 1. The average molecular weight is 365 g/mol. The molecule has 27 heavy (non-hydrogen) atoms. The number of aromatic nitrogens is 1. The van der Waals surface area contributed by atoms with E-state index < -0.39 is 0 Å². The average Bonchev–Trinajstić information content (AvgIpc) is 3.16. The van der Waals surface area contributed by atoms with Gasteiger partial charge in [0.15, 0.2) is 5.76 Å². The largest absolute Gasteiger partial charge is 0.486 e. The zero-order chi connectivity index (χ0) is 18.8. The molecule has 0 spiro atoms. The van der Waals surface area contributed by atoms with Crippen LogP contribution in [0.1, 0.15) is 31.2 Å². The van der Waals surface area contributed by atoms with Crippen LogP contribution in [0.15, 0.2) is 47.0 Å². The quantitative estimate of drug-likeness (QED) is 0.675. The van der Waals surface area contributed by atoms with Crippen molar-refractivity contribution < 1.29 is 9.26 Å². The Balaban J connectivity index is 1.54. The molecule has 2 heterocycles. The van der Waals surface area contributed by atoms with E-state index in [1.807, 2.05) is 12.1 Å². The fourth-order valence-electron chi connectivity index (χ4n) is 3.47. The van der Waals surface area contributed by atoms with Crippen LogP contribution >= 0.6 is 0 Å². The maximum Gasteiger partial charge on any atom is 0.174 e. The van der Waals surface area contributed by atoms with Gasteiger partial charge in [-0.25, -0.2) is 0 Å². The summed E-state index contributed by atoms with van der Waals surface area (Å²) in [5, 5.41) is 6.57. The SMILES string of the molecule is CC(C)c1cc(COc2ccc3cccc(N4CCN(C)CC4)c3c2)on1. The highest BCUT2D eigenvalue weighted by atomic mass is 16.5. The first-order chi connectivity index (χ1) is 13.1. The van der Waals surface area contributed by atoms with Gasteiger partial charge in [-0.2, -0.15) is 0 Å². The molecule has 0 aliphatic carbocycles. The maximum absolute atomic E-state index is 5.99. The molecule has 0 N–H and O–H groups in total. The highest BCUT2D eigenvalue weighted by molar-refractivity contribution is 5.95. The molecule has 1 fully saturated rings. The first-order valence-corrected chi connectivity index (χ1v) is 9.65. The molecule has 2 aromatic carbocycles. The van der Waals surface area contributed by atoms with E-state index in [-0.39, 0.29) is 0 Å². The number of piperazine rings is 1. The fraction of sp³-hybridized carbons (Fsp3) is 0.409. The summed E-state index contributed by atoms with van der Waals surface area (Å²) in [6, 6.07) is 14.8. The number of rotatable bonds is 5. The van der Waals surface area contributed by atoms with Crippen molar-refractivity contribution in [1.29, 1.82) is 0 Å². The van der Waals surface area contributed by atoms with Gasteiger partial charge in [-0.15, -0.1) is 0 Å². The molecule has 5 nitrogen and oxygen atoms in total. The lowest BCUT2D eigenvalue weighted by Gasteiger charge is -2.34. The summed E-state index contributed by atoms with van der Waals surface area (Å²) >= 11 is 0. The molecule has 4 rings (SSSR count). The Bertz CT molecular complexity index is 911. The summed E-state index contributed by atoms with van der Waals surface area (Å²) in [6.45, 7) is 8.89. The highest BCUT2D eigenvalue weighted by Gasteiger charge is 2.16. The van der Waals surface area contributed by atoms with E-state index in [9.17, 15) is 0 Å². The second kappa shape index (κ2) is 7.61. The van der Waals surface area contributed by atoms with Crippen LogP contribution < -0.4 is 9.64 Å². The molecule has 1 saturated heterocycles. The van der Waals surface area contributed by atoms with Crippen LogP contribution in [-0.2, 0) is 6.61 Å². The van der Waals surface area contributed by atoms with E-state index in [0.29, 0.717) is 12.5 Å². The summed E-state index contributed by atoms with van der Waals surface area (Å²) in [5.74, 6) is 1.96. The maximum atomic E-state index is 5.99. The van der Waals surface area contributed by atoms with Crippen molar-refractivity contribution in [3.63, 3.8) is 0 Å². The van der Waals surface area contributed by atoms with E-state index in [2.05, 4.69) is 66.2 Å². The minimum atomic E-state index is 0.356. The third kappa shape index (κ3) is 3.93. The van der Waals surface area contributed by atoms with Crippen molar-refractivity contribution in [2.45, 2.75) is 26.4 Å². The van der Waals surface area contributed by atoms with Gasteiger partial charge in [0.25, 0.3) is 0 Å². The van der Waals surface area contributed by atoms with Crippen molar-refractivity contribution in [2.75, 3.05) is 38.1 Å². The number of hydrogen-bond acceptors (Lipinski definition) is 5. The standard InChI is InChI=1S/C22H27N3O2/c1-16(2)21-14-19(27-23-21)15-26-18-8-7-17-5-4-6-22(20(17)13-18)25-11-9-24(3)10-12-25/h4-8,13-14,16H,9-12,15H2,1-3H3. The Morgan fingerprint density at radius 1 is 1.07 bits per heavy atom. The molecular weight excluding hydrogens is 338 g/mol. The van der Waals surface area contributed by atoms with Crippen LogP contribution in [0, 0.1) is 0 Å². The zero-order valence-corrected chi connectivity index (χ0v) is 16.3. The molecule has 0 atom stereocenters. The molecule has 142 valence electrons. The summed E-state index contributed by atoms with van der Waals surface area (Å²) in [6.07, 6.45) is 0. The van der Waals surface area contributed by atoms with Crippen molar-refractivity contribution in [3.05, 3.63) is 53.9 Å². The van der Waals surface area contributed by atoms with Gasteiger partial charge >= 0.3 is 0 Å². The van der Waals surface area contributed by atoms with Crippen LogP contribution in [0.4, 0.5) is 5.69 Å². The van der Waals surface area contributed by atoms with Gasteiger partial charge in [0, 0.05) is 43.3 Å². The van der Waals surface area contributed by atoms with Gasteiger partial charge in [0.05, 0.1) is 5.69 Å². The minimum absolute atomic E-state index is 0.356. The van der Waals surface area contributed by atoms with Gasteiger partial charge < -0.3 is 19.1 Å². The van der Waals surface area contributed by atoms with E-state index in [4.69, 9.17) is 9.26 Å². The predicted octanol–water partition coefficient (Wildman–Crippen LogP) is 4.28. The number of fused-ring (bicyclic) bond motifs is 1. The lowest BCUT2D eigenvalue weighted by atomic mass is 10.1. The molecule has 0 saturated carbocycles. The number of hydrogen-bond donors (Lipinski definition) is 0. The third-order valence-electron chi connectivity index (χ3n) is 5.22. The summed E-state index contributed by atoms with van der Waals surface area (Å²) in [5.41, 5.74) is 2.25. The van der Waals surface area contributed by atoms with Gasteiger partial charge in [-0.05, 0) is 36.6 Å². The monoisotopic (exact) mass is 365 g/mol. The third-order valence-corrected chi connectivity index (χ3v) is 5.22. The van der Waals surface area contributed by atoms with Crippen molar-refractivity contribution >= 4 is 16.5 Å². The molecule has 5 heteroatoms. The first kappa shape index (κ1) is 17.9. The number of nitrogens with zero attached hydrogens (tertiary/aromatic N) is 3. The lowest BCUT2D eigenvalue weighted by molar-refractivity contribution is 0.248. The number of anilines is 1. The normalized spacial score (nSPS) is 15.6. The van der Waals surface area contributed by atoms with E-state index in [0.717, 1.165) is 43.4 Å². The summed E-state index contributed by atoms with van der Waals surface area (Å²) in [7, 11) is 2.18. The molecule has 1 aromatic heterocycles. The van der Waals surface area contributed by atoms with Gasteiger partial charge in [0.2, 0.25) is 0 Å². The van der Waals surface area contributed by atoms with Gasteiger partial charge in [0.1, 0.15) is 12.4 Å². The van der Waals surface area contributed by atoms with E-state index in [1.54, 1.807) is 0 Å². The zero-order valence-electron chi connectivity index (χ0n) is 16.3. The smallest absolute Gasteiger partial charge is 0.174 e. The topological polar surface area (TPSA) is 41.7 Å². The molecular formula is C22H27N3O2. The van der Waals surface area contributed by atoms with Crippen molar-refractivity contribution in [3.8, 4) is 5.75 Å². The first-order valence-electron chi connectivity index (χ1n) is 9.65. The molecule has 1 aliphatic heterocycles. The Hall–Kier alpha value is -2.53. The molecule has 3 aromatic rings. The number of likely N-dealkylation sites (N-methyl/N-ethyl adjacent to an activating group) is 1. The predicted molar refractivity (Wildman–Crippen MR) is 109 cm³/mol. The minimum Gasteiger partial charge on any atom is -0.486 e. The molecule has 1 aliphatic rings. The van der Waals surface area contributed by atoms with E-state index in [1.165, 1.54) is 16.5 Å². The van der Waals surface area contributed by atoms with Crippen LogP contribution in [0.3, 0.4) is 0 Å². The molecule has 0 radical (unpaired) electrons. The van der Waals surface area contributed by atoms with Gasteiger partial charge in [-0.1, -0.05) is 37.2 Å². The van der Waals surface area contributed by atoms with Crippen molar-refractivity contribution in [1.82, 2.24) is 10.1 Å².